The molecule has 0 aliphatic rings. The van der Waals surface area contributed by atoms with Gasteiger partial charge in [0.05, 0.1) is 25.0 Å². The fourth-order valence-electron chi connectivity index (χ4n) is 10.5. The molecule has 0 amide bonds. The zero-order chi connectivity index (χ0) is 50.4. The summed E-state index contributed by atoms with van der Waals surface area (Å²) in [6.45, 7) is 15.9. The molecule has 412 valence electrons. The molecule has 0 aromatic carbocycles. The first kappa shape index (κ1) is 67.9. The molecule has 0 saturated carbocycles. The lowest BCUT2D eigenvalue weighted by molar-refractivity contribution is -0.151. The summed E-state index contributed by atoms with van der Waals surface area (Å²) in [7, 11) is 0. The molecule has 0 aromatic rings. The molecule has 0 saturated heterocycles. The van der Waals surface area contributed by atoms with Gasteiger partial charge in [-0.05, 0) is 76.8 Å². The van der Waals surface area contributed by atoms with E-state index in [-0.39, 0.29) is 30.4 Å². The Kier molecular flexibility index (Phi) is 55.2. The van der Waals surface area contributed by atoms with Gasteiger partial charge < -0.3 is 19.5 Å². The van der Waals surface area contributed by atoms with Crippen LogP contribution in [-0.2, 0) is 19.1 Å². The molecular formula is C63H125NO5. The van der Waals surface area contributed by atoms with E-state index < -0.39 is 0 Å². The Morgan fingerprint density at radius 3 is 1.01 bits per heavy atom. The van der Waals surface area contributed by atoms with Gasteiger partial charge in [-0.3, -0.25) is 9.59 Å². The number of hydrogen-bond donors (Lipinski definition) is 1. The molecule has 0 aliphatic heterocycles. The van der Waals surface area contributed by atoms with E-state index in [4.69, 9.17) is 9.47 Å². The largest absolute Gasteiger partial charge is 0.465 e. The fraction of sp³-hybridized carbons (Fsp3) is 0.968. The van der Waals surface area contributed by atoms with E-state index >= 15 is 0 Å². The molecule has 6 nitrogen and oxygen atoms in total. The maximum Gasteiger partial charge on any atom is 0.309 e. The van der Waals surface area contributed by atoms with Crippen molar-refractivity contribution in [1.29, 1.82) is 0 Å². The van der Waals surface area contributed by atoms with Gasteiger partial charge in [-0.1, -0.05) is 279 Å². The van der Waals surface area contributed by atoms with Gasteiger partial charge in [0.1, 0.15) is 0 Å². The van der Waals surface area contributed by atoms with Crippen molar-refractivity contribution in [3.63, 3.8) is 0 Å². The average molecular weight is 977 g/mol. The minimum atomic E-state index is 0.0514. The number of rotatable bonds is 58. The summed E-state index contributed by atoms with van der Waals surface area (Å²) in [6.07, 6.45) is 58.4. The van der Waals surface area contributed by atoms with E-state index in [1.54, 1.807) is 0 Å². The van der Waals surface area contributed by atoms with Crippen molar-refractivity contribution in [1.82, 2.24) is 4.90 Å². The van der Waals surface area contributed by atoms with Gasteiger partial charge in [-0.25, -0.2) is 0 Å². The predicted molar refractivity (Wildman–Crippen MR) is 301 cm³/mol. The van der Waals surface area contributed by atoms with Gasteiger partial charge in [0.15, 0.2) is 0 Å². The summed E-state index contributed by atoms with van der Waals surface area (Å²) in [5.74, 6) is 0.672. The molecule has 0 aliphatic carbocycles. The SMILES string of the molecule is CCCCCCCCCCCCC(CCCCCCCCCC)C(=O)OCCCCCCN(CCCO)CCCCCCOC(=O)C(CCCCCCCCCC)C(C)CCCCCCCCCC. The van der Waals surface area contributed by atoms with Crippen LogP contribution < -0.4 is 0 Å². The quantitative estimate of drug-likeness (QED) is 0.0483. The number of aliphatic hydroxyl groups excluding tert-OH is 1. The van der Waals surface area contributed by atoms with Gasteiger partial charge in [0.25, 0.3) is 0 Å². The van der Waals surface area contributed by atoms with E-state index in [1.165, 1.54) is 199 Å². The Hall–Kier alpha value is -1.14. The fourth-order valence-corrected chi connectivity index (χ4v) is 10.5. The number of hydrogen-bond acceptors (Lipinski definition) is 6. The Labute approximate surface area is 432 Å². The van der Waals surface area contributed by atoms with Crippen LogP contribution in [0.25, 0.3) is 0 Å². The molecule has 3 unspecified atom stereocenters. The van der Waals surface area contributed by atoms with Crippen molar-refractivity contribution in [2.24, 2.45) is 17.8 Å². The van der Waals surface area contributed by atoms with Crippen LogP contribution >= 0.6 is 0 Å². The van der Waals surface area contributed by atoms with Crippen LogP contribution in [0.4, 0.5) is 0 Å². The molecule has 0 spiro atoms. The molecule has 69 heavy (non-hydrogen) atoms. The van der Waals surface area contributed by atoms with Gasteiger partial charge in [0.2, 0.25) is 0 Å². The molecule has 0 aromatic heterocycles. The Bertz CT molecular complexity index is 1020. The van der Waals surface area contributed by atoms with Crippen molar-refractivity contribution < 1.29 is 24.2 Å². The van der Waals surface area contributed by atoms with E-state index in [0.29, 0.717) is 19.1 Å². The smallest absolute Gasteiger partial charge is 0.309 e. The van der Waals surface area contributed by atoms with Gasteiger partial charge in [0, 0.05) is 13.2 Å². The summed E-state index contributed by atoms with van der Waals surface area (Å²) < 4.78 is 11.9. The van der Waals surface area contributed by atoms with Crippen LogP contribution in [0.2, 0.25) is 0 Å². The molecular weight excluding hydrogens is 851 g/mol. The van der Waals surface area contributed by atoms with E-state index in [0.717, 1.165) is 122 Å². The monoisotopic (exact) mass is 976 g/mol. The molecule has 0 fully saturated rings. The van der Waals surface area contributed by atoms with E-state index in [9.17, 15) is 14.7 Å². The lowest BCUT2D eigenvalue weighted by Crippen LogP contribution is -2.28. The molecule has 6 heteroatoms. The molecule has 0 bridgehead atoms. The maximum absolute atomic E-state index is 13.5. The minimum absolute atomic E-state index is 0.0514. The molecule has 0 rings (SSSR count). The highest BCUT2D eigenvalue weighted by molar-refractivity contribution is 5.73. The minimum Gasteiger partial charge on any atom is -0.465 e. The first-order chi connectivity index (χ1) is 33.9. The topological polar surface area (TPSA) is 76.1 Å². The van der Waals surface area contributed by atoms with Gasteiger partial charge in [-0.15, -0.1) is 0 Å². The van der Waals surface area contributed by atoms with E-state index in [2.05, 4.69) is 39.5 Å². The Morgan fingerprint density at radius 1 is 0.348 bits per heavy atom. The number of aliphatic hydroxyl groups is 1. The third kappa shape index (κ3) is 47.6. The second kappa shape index (κ2) is 56.2. The molecule has 3 atom stereocenters. The van der Waals surface area contributed by atoms with E-state index in [1.807, 2.05) is 0 Å². The normalized spacial score (nSPS) is 13.0. The second-order valence-corrected chi connectivity index (χ2v) is 22.1. The van der Waals surface area contributed by atoms with Crippen LogP contribution in [0.1, 0.15) is 336 Å². The van der Waals surface area contributed by atoms with Crippen LogP contribution in [0.3, 0.4) is 0 Å². The number of unbranched alkanes of at least 4 members (excludes halogenated alkanes) is 36. The van der Waals surface area contributed by atoms with Gasteiger partial charge in [-0.2, -0.15) is 0 Å². The highest BCUT2D eigenvalue weighted by atomic mass is 16.5. The van der Waals surface area contributed by atoms with Crippen LogP contribution in [-0.4, -0.2) is 61.4 Å². The standard InChI is InChI=1S/C63H125NO5/c1-6-10-14-18-22-26-27-30-34-42-51-60(50-41-33-29-24-20-16-12-8-3)62(66)68-57-46-38-36-44-53-64(55-48-56-65)54-45-37-39-47-58-69-63(67)61(52-43-35-31-25-21-17-13-9-4)59(5)49-40-32-28-23-19-15-11-7-2/h59-61,65H,6-58H2,1-5H3. The molecule has 0 heterocycles. The maximum atomic E-state index is 13.5. The number of esters is 2. The average Bonchev–Trinajstić information content (AvgIpc) is 3.35. The second-order valence-electron chi connectivity index (χ2n) is 22.1. The van der Waals surface area contributed by atoms with Crippen molar-refractivity contribution in [3.05, 3.63) is 0 Å². The summed E-state index contributed by atoms with van der Waals surface area (Å²) in [6, 6.07) is 0. The number of ether oxygens (including phenoxy) is 2. The Morgan fingerprint density at radius 2 is 0.638 bits per heavy atom. The van der Waals surface area contributed by atoms with Crippen molar-refractivity contribution in [2.45, 2.75) is 336 Å². The van der Waals surface area contributed by atoms with Crippen molar-refractivity contribution in [2.75, 3.05) is 39.5 Å². The first-order valence-corrected chi connectivity index (χ1v) is 31.6. The summed E-state index contributed by atoms with van der Waals surface area (Å²) in [5, 5.41) is 9.58. The van der Waals surface area contributed by atoms with Crippen LogP contribution in [0.5, 0.6) is 0 Å². The predicted octanol–water partition coefficient (Wildman–Crippen LogP) is 19.6. The first-order valence-electron chi connectivity index (χ1n) is 31.6. The van der Waals surface area contributed by atoms with Crippen LogP contribution in [0.15, 0.2) is 0 Å². The lowest BCUT2D eigenvalue weighted by Gasteiger charge is -2.23. The number of nitrogens with zero attached hydrogens (tertiary/aromatic N) is 1. The molecule has 0 radical (unpaired) electrons. The summed E-state index contributed by atoms with van der Waals surface area (Å²) >= 11 is 0. The van der Waals surface area contributed by atoms with Gasteiger partial charge >= 0.3 is 11.9 Å². The number of carbonyl (C=O) groups is 2. The zero-order valence-electron chi connectivity index (χ0n) is 47.7. The third-order valence-corrected chi connectivity index (χ3v) is 15.4. The lowest BCUT2D eigenvalue weighted by atomic mass is 9.85. The van der Waals surface area contributed by atoms with Crippen LogP contribution in [0, 0.1) is 17.8 Å². The summed E-state index contributed by atoms with van der Waals surface area (Å²) in [5.41, 5.74) is 0. The molecule has 1 N–H and O–H groups in total. The highest BCUT2D eigenvalue weighted by Gasteiger charge is 2.26. The van der Waals surface area contributed by atoms with Crippen molar-refractivity contribution in [3.8, 4) is 0 Å². The zero-order valence-corrected chi connectivity index (χ0v) is 47.7. The van der Waals surface area contributed by atoms with Crippen molar-refractivity contribution >= 4 is 11.9 Å². The third-order valence-electron chi connectivity index (χ3n) is 15.4. The highest BCUT2D eigenvalue weighted by Crippen LogP contribution is 2.27. The summed E-state index contributed by atoms with van der Waals surface area (Å²) in [4.78, 5) is 29.3. The Balaban J connectivity index is 4.58. The number of carbonyl (C=O) groups excluding carboxylic acids is 2.